The predicted molar refractivity (Wildman–Crippen MR) is 133 cm³/mol. The molecule has 0 unspecified atom stereocenters. The molecular weight excluding hydrogens is 494 g/mol. The molecule has 1 atom stereocenters. The van der Waals surface area contributed by atoms with E-state index in [-0.39, 0.29) is 56.5 Å². The minimum atomic E-state index is -1.11. The Morgan fingerprint density at radius 1 is 1.00 bits per heavy atom. The first kappa shape index (κ1) is 25.5. The summed E-state index contributed by atoms with van der Waals surface area (Å²) in [5, 5.41) is 2.87. The van der Waals surface area contributed by atoms with E-state index in [4.69, 9.17) is 4.74 Å². The molecule has 2 fully saturated rings. The van der Waals surface area contributed by atoms with Crippen molar-refractivity contribution in [2.45, 2.75) is 31.2 Å². The third-order valence-electron chi connectivity index (χ3n) is 6.99. The summed E-state index contributed by atoms with van der Waals surface area (Å²) >= 11 is 0. The van der Waals surface area contributed by atoms with Crippen molar-refractivity contribution in [3.63, 3.8) is 0 Å². The third-order valence-corrected chi connectivity index (χ3v) is 6.99. The van der Waals surface area contributed by atoms with Crippen molar-refractivity contribution in [1.82, 2.24) is 20.1 Å². The highest BCUT2D eigenvalue weighted by atomic mass is 19.1. The molecule has 0 aliphatic carbocycles. The fraction of sp³-hybridized carbons (Fsp3) is 0.286. The number of carbonyl (C=O) groups excluding carboxylic acids is 3. The van der Waals surface area contributed by atoms with Crippen LogP contribution in [0, 0.1) is 11.6 Å². The quantitative estimate of drug-likeness (QED) is 0.558. The molecular formula is C28H26F2N4O4. The van der Waals surface area contributed by atoms with Gasteiger partial charge in [0.1, 0.15) is 23.4 Å². The molecule has 5 rings (SSSR count). The number of ether oxygens (including phenoxy) is 1. The molecule has 196 valence electrons. The number of benzene rings is 2. The lowest BCUT2D eigenvalue weighted by molar-refractivity contribution is -0.128. The molecule has 2 saturated heterocycles. The van der Waals surface area contributed by atoms with Crippen LogP contribution in [0.4, 0.5) is 8.78 Å². The summed E-state index contributed by atoms with van der Waals surface area (Å²) in [5.74, 6) is -2.98. The van der Waals surface area contributed by atoms with Gasteiger partial charge in [-0.25, -0.2) is 8.78 Å². The predicted octanol–water partition coefficient (Wildman–Crippen LogP) is 3.15. The van der Waals surface area contributed by atoms with Crippen LogP contribution in [0.1, 0.15) is 39.1 Å². The van der Waals surface area contributed by atoms with Crippen LogP contribution in [0.3, 0.4) is 0 Å². The van der Waals surface area contributed by atoms with Crippen LogP contribution in [0.5, 0.6) is 0 Å². The minimum absolute atomic E-state index is 0.00200. The molecule has 8 nitrogen and oxygen atoms in total. The molecule has 3 amide bonds. The number of amides is 3. The van der Waals surface area contributed by atoms with E-state index in [1.54, 1.807) is 48.8 Å². The van der Waals surface area contributed by atoms with Gasteiger partial charge in [0, 0.05) is 56.5 Å². The van der Waals surface area contributed by atoms with Crippen molar-refractivity contribution in [2.75, 3.05) is 19.7 Å². The first-order valence-electron chi connectivity index (χ1n) is 12.3. The van der Waals surface area contributed by atoms with E-state index in [0.717, 1.165) is 17.7 Å². The summed E-state index contributed by atoms with van der Waals surface area (Å²) in [6.07, 6.45) is 3.75. The number of rotatable bonds is 5. The molecule has 1 aromatic heterocycles. The fourth-order valence-electron chi connectivity index (χ4n) is 4.99. The highest BCUT2D eigenvalue weighted by Crippen LogP contribution is 2.39. The average molecular weight is 521 g/mol. The molecule has 38 heavy (non-hydrogen) atoms. The van der Waals surface area contributed by atoms with E-state index < -0.39 is 29.3 Å². The molecule has 1 N–H and O–H groups in total. The van der Waals surface area contributed by atoms with Crippen molar-refractivity contribution in [2.24, 2.45) is 0 Å². The lowest BCUT2D eigenvalue weighted by atomic mass is 9.96. The van der Waals surface area contributed by atoms with Crippen molar-refractivity contribution < 1.29 is 27.9 Å². The van der Waals surface area contributed by atoms with E-state index >= 15 is 0 Å². The molecule has 10 heteroatoms. The molecule has 0 saturated carbocycles. The van der Waals surface area contributed by atoms with Crippen LogP contribution in [0.25, 0.3) is 0 Å². The molecule has 1 spiro atoms. The van der Waals surface area contributed by atoms with Gasteiger partial charge >= 0.3 is 0 Å². The molecule has 2 aliphatic rings. The summed E-state index contributed by atoms with van der Waals surface area (Å²) in [4.78, 5) is 46.9. The molecule has 0 radical (unpaired) electrons. The monoisotopic (exact) mass is 520 g/mol. The van der Waals surface area contributed by atoms with Gasteiger partial charge in [-0.1, -0.05) is 24.3 Å². The maximum Gasteiger partial charge on any atom is 0.256 e. The Balaban J connectivity index is 1.35. The summed E-state index contributed by atoms with van der Waals surface area (Å²) in [5.41, 5.74) is -0.106. The van der Waals surface area contributed by atoms with Crippen molar-refractivity contribution in [3.8, 4) is 0 Å². The summed E-state index contributed by atoms with van der Waals surface area (Å²) in [7, 11) is 0. The fourth-order valence-corrected chi connectivity index (χ4v) is 4.99. The van der Waals surface area contributed by atoms with Crippen molar-refractivity contribution in [3.05, 3.63) is 101 Å². The molecule has 3 heterocycles. The second-order valence-corrected chi connectivity index (χ2v) is 9.31. The Hall–Kier alpha value is -4.18. The van der Waals surface area contributed by atoms with E-state index in [1.165, 1.54) is 9.80 Å². The number of aromatic nitrogens is 1. The number of carbonyl (C=O) groups is 3. The van der Waals surface area contributed by atoms with Crippen LogP contribution < -0.4 is 5.32 Å². The van der Waals surface area contributed by atoms with E-state index in [1.807, 2.05) is 6.07 Å². The molecule has 2 aromatic carbocycles. The molecule has 3 aromatic rings. The largest absolute Gasteiger partial charge is 0.353 e. The zero-order valence-electron chi connectivity index (χ0n) is 20.5. The Labute approximate surface area is 218 Å². The van der Waals surface area contributed by atoms with Crippen LogP contribution in [-0.4, -0.2) is 64.0 Å². The Morgan fingerprint density at radius 2 is 1.76 bits per heavy atom. The summed E-state index contributed by atoms with van der Waals surface area (Å²) < 4.78 is 33.7. The third kappa shape index (κ3) is 4.99. The van der Waals surface area contributed by atoms with Crippen molar-refractivity contribution in [1.29, 1.82) is 0 Å². The van der Waals surface area contributed by atoms with E-state index in [9.17, 15) is 23.2 Å². The zero-order valence-corrected chi connectivity index (χ0v) is 20.5. The Morgan fingerprint density at radius 3 is 2.45 bits per heavy atom. The first-order valence-corrected chi connectivity index (χ1v) is 12.3. The SMILES string of the molecule is O=C(NCc1cccnc1)[C@@H]1COC2(CCN(C(=O)c3ccc(F)cc3F)CC2)N1C(=O)c1ccccc1. The Bertz CT molecular complexity index is 1330. The van der Waals surface area contributed by atoms with Gasteiger partial charge in [0.25, 0.3) is 11.8 Å². The second-order valence-electron chi connectivity index (χ2n) is 9.31. The highest BCUT2D eigenvalue weighted by molar-refractivity contribution is 5.98. The van der Waals surface area contributed by atoms with Gasteiger partial charge in [0.05, 0.1) is 12.2 Å². The lowest BCUT2D eigenvalue weighted by Gasteiger charge is -2.44. The van der Waals surface area contributed by atoms with Crippen LogP contribution in [0.15, 0.2) is 73.1 Å². The average Bonchev–Trinajstić information content (AvgIpc) is 3.31. The van der Waals surface area contributed by atoms with E-state index in [2.05, 4.69) is 10.3 Å². The number of halogens is 2. The van der Waals surface area contributed by atoms with Crippen LogP contribution in [0.2, 0.25) is 0 Å². The Kier molecular flexibility index (Phi) is 7.15. The number of nitrogens with one attached hydrogen (secondary N) is 1. The maximum absolute atomic E-state index is 14.2. The molecule has 2 aliphatic heterocycles. The standard InChI is InChI=1S/C28H26F2N4O4/c29-21-8-9-22(23(30)15-21)27(37)33-13-10-28(11-14-33)34(26(36)20-6-2-1-3-7-20)24(18-38-28)25(35)32-17-19-5-4-12-31-16-19/h1-9,12,15-16,24H,10-11,13-14,17-18H2,(H,32,35)/t24-/m0/s1. The topological polar surface area (TPSA) is 91.8 Å². The number of pyridine rings is 1. The maximum atomic E-state index is 14.2. The van der Waals surface area contributed by atoms with Gasteiger partial charge in [-0.15, -0.1) is 0 Å². The summed E-state index contributed by atoms with van der Waals surface area (Å²) in [6, 6.07) is 14.2. The zero-order chi connectivity index (χ0) is 26.7. The number of piperidine rings is 1. The smallest absolute Gasteiger partial charge is 0.256 e. The van der Waals surface area contributed by atoms with Crippen LogP contribution in [-0.2, 0) is 16.1 Å². The number of likely N-dealkylation sites (tertiary alicyclic amines) is 1. The summed E-state index contributed by atoms with van der Waals surface area (Å²) in [6.45, 7) is 0.573. The first-order chi connectivity index (χ1) is 18.4. The van der Waals surface area contributed by atoms with Gasteiger partial charge in [0.2, 0.25) is 5.91 Å². The number of hydrogen-bond acceptors (Lipinski definition) is 5. The lowest BCUT2D eigenvalue weighted by Crippen LogP contribution is -2.59. The van der Waals surface area contributed by atoms with Gasteiger partial charge in [0.15, 0.2) is 0 Å². The minimum Gasteiger partial charge on any atom is -0.353 e. The van der Waals surface area contributed by atoms with Gasteiger partial charge in [-0.3, -0.25) is 24.3 Å². The van der Waals surface area contributed by atoms with Gasteiger partial charge in [-0.05, 0) is 35.9 Å². The van der Waals surface area contributed by atoms with Gasteiger partial charge < -0.3 is 15.0 Å². The van der Waals surface area contributed by atoms with E-state index in [0.29, 0.717) is 11.6 Å². The second kappa shape index (κ2) is 10.7. The highest BCUT2D eigenvalue weighted by Gasteiger charge is 2.54. The normalized spacial score (nSPS) is 18.4. The van der Waals surface area contributed by atoms with Gasteiger partial charge in [-0.2, -0.15) is 0 Å². The van der Waals surface area contributed by atoms with Crippen LogP contribution >= 0.6 is 0 Å². The number of nitrogens with zero attached hydrogens (tertiary/aromatic N) is 3. The number of hydrogen-bond donors (Lipinski definition) is 1. The molecule has 0 bridgehead atoms. The van der Waals surface area contributed by atoms with Crippen molar-refractivity contribution >= 4 is 17.7 Å².